The van der Waals surface area contributed by atoms with E-state index in [9.17, 15) is 0 Å². The van der Waals surface area contributed by atoms with Gasteiger partial charge >= 0.3 is 0 Å². The molecule has 3 nitrogen and oxygen atoms in total. The third kappa shape index (κ3) is 2.68. The van der Waals surface area contributed by atoms with Crippen LogP contribution in [0.25, 0.3) is 0 Å². The molecule has 0 aliphatic heterocycles. The monoisotopic (exact) mass is 249 g/mol. The van der Waals surface area contributed by atoms with Gasteiger partial charge < -0.3 is 10.3 Å². The fourth-order valence-electron chi connectivity index (χ4n) is 1.75. The van der Waals surface area contributed by atoms with Crippen molar-refractivity contribution in [2.24, 2.45) is 12.8 Å². The molecule has 1 unspecified atom stereocenters. The van der Waals surface area contributed by atoms with E-state index in [1.807, 2.05) is 42.9 Å². The minimum Gasteiger partial charge on any atom is -0.338 e. The molecule has 0 saturated heterocycles. The number of aryl methyl sites for hydroxylation is 2. The summed E-state index contributed by atoms with van der Waals surface area (Å²) in [6.45, 7) is 1.98. The van der Waals surface area contributed by atoms with Crippen LogP contribution in [0.2, 0.25) is 5.02 Å². The van der Waals surface area contributed by atoms with Crippen LogP contribution >= 0.6 is 11.6 Å². The third-order valence-electron chi connectivity index (χ3n) is 2.95. The quantitative estimate of drug-likeness (QED) is 0.909. The minimum absolute atomic E-state index is 0.0748. The zero-order valence-corrected chi connectivity index (χ0v) is 10.8. The highest BCUT2D eigenvalue weighted by Gasteiger charge is 2.11. The van der Waals surface area contributed by atoms with Crippen LogP contribution in [0.1, 0.15) is 23.0 Å². The fraction of sp³-hybridized carbons (Fsp3) is 0.308. The third-order valence-corrected chi connectivity index (χ3v) is 3.35. The van der Waals surface area contributed by atoms with Crippen LogP contribution in [-0.2, 0) is 13.5 Å². The van der Waals surface area contributed by atoms with Crippen molar-refractivity contribution in [3.63, 3.8) is 0 Å². The van der Waals surface area contributed by atoms with E-state index in [1.54, 1.807) is 6.20 Å². The van der Waals surface area contributed by atoms with E-state index < -0.39 is 0 Å². The van der Waals surface area contributed by atoms with E-state index in [-0.39, 0.29) is 6.04 Å². The van der Waals surface area contributed by atoms with E-state index in [0.717, 1.165) is 22.0 Å². The van der Waals surface area contributed by atoms with Gasteiger partial charge in [0, 0.05) is 36.9 Å². The number of hydrogen-bond acceptors (Lipinski definition) is 2. The highest BCUT2D eigenvalue weighted by Crippen LogP contribution is 2.22. The van der Waals surface area contributed by atoms with Crippen LogP contribution in [0.3, 0.4) is 0 Å². The molecule has 1 atom stereocenters. The van der Waals surface area contributed by atoms with E-state index in [1.165, 1.54) is 0 Å². The molecule has 2 N–H and O–H groups in total. The maximum atomic E-state index is 6.16. The molecule has 1 aromatic carbocycles. The number of imidazole rings is 1. The largest absolute Gasteiger partial charge is 0.338 e. The Morgan fingerprint density at radius 1 is 1.47 bits per heavy atom. The summed E-state index contributed by atoms with van der Waals surface area (Å²) in [5.41, 5.74) is 8.28. The fourth-order valence-corrected chi connectivity index (χ4v) is 1.94. The minimum atomic E-state index is -0.0748. The number of aromatic nitrogens is 2. The molecule has 0 bridgehead atoms. The van der Waals surface area contributed by atoms with Gasteiger partial charge in [-0.15, -0.1) is 0 Å². The van der Waals surface area contributed by atoms with Crippen molar-refractivity contribution in [3.8, 4) is 0 Å². The molecule has 2 rings (SSSR count). The Hall–Kier alpha value is -1.32. The molecular formula is C13H16ClN3. The summed E-state index contributed by atoms with van der Waals surface area (Å²) >= 11 is 6.09. The molecule has 0 amide bonds. The lowest BCUT2D eigenvalue weighted by molar-refractivity contribution is 0.659. The van der Waals surface area contributed by atoms with Gasteiger partial charge in [0.15, 0.2) is 0 Å². The number of rotatable bonds is 3. The number of halogens is 1. The van der Waals surface area contributed by atoms with Gasteiger partial charge in [-0.3, -0.25) is 0 Å². The predicted molar refractivity (Wildman–Crippen MR) is 70.0 cm³/mol. The highest BCUT2D eigenvalue weighted by molar-refractivity contribution is 6.31. The summed E-state index contributed by atoms with van der Waals surface area (Å²) in [6, 6.07) is 5.88. The van der Waals surface area contributed by atoms with Crippen molar-refractivity contribution in [2.45, 2.75) is 19.4 Å². The van der Waals surface area contributed by atoms with Crippen LogP contribution in [-0.4, -0.2) is 9.55 Å². The van der Waals surface area contributed by atoms with E-state index in [2.05, 4.69) is 4.98 Å². The number of nitrogens with two attached hydrogens (primary N) is 1. The number of nitrogens with zero attached hydrogens (tertiary/aromatic N) is 2. The van der Waals surface area contributed by atoms with Gasteiger partial charge in [-0.25, -0.2) is 4.98 Å². The molecule has 1 heterocycles. The van der Waals surface area contributed by atoms with Gasteiger partial charge in [-0.1, -0.05) is 23.7 Å². The van der Waals surface area contributed by atoms with E-state index >= 15 is 0 Å². The normalized spacial score (nSPS) is 12.7. The van der Waals surface area contributed by atoms with Crippen LogP contribution in [0.15, 0.2) is 30.6 Å². The van der Waals surface area contributed by atoms with Crippen LogP contribution in [0, 0.1) is 6.92 Å². The van der Waals surface area contributed by atoms with Gasteiger partial charge in [-0.05, 0) is 24.1 Å². The van der Waals surface area contributed by atoms with Gasteiger partial charge in [-0.2, -0.15) is 0 Å². The maximum Gasteiger partial charge on any atom is 0.110 e. The second-order valence-electron chi connectivity index (χ2n) is 4.27. The van der Waals surface area contributed by atoms with Crippen molar-refractivity contribution in [3.05, 3.63) is 52.6 Å². The Kier molecular flexibility index (Phi) is 3.50. The predicted octanol–water partition coefficient (Wildman–Crippen LogP) is 2.62. The molecule has 17 heavy (non-hydrogen) atoms. The molecule has 4 heteroatoms. The molecular weight excluding hydrogens is 234 g/mol. The first-order valence-electron chi connectivity index (χ1n) is 5.55. The Bertz CT molecular complexity index is 519. The number of benzene rings is 1. The lowest BCUT2D eigenvalue weighted by Crippen LogP contribution is -2.15. The second-order valence-corrected chi connectivity index (χ2v) is 4.68. The Labute approximate surface area is 106 Å². The molecule has 1 aromatic heterocycles. The van der Waals surface area contributed by atoms with Crippen molar-refractivity contribution in [1.29, 1.82) is 0 Å². The van der Waals surface area contributed by atoms with Crippen molar-refractivity contribution in [2.75, 3.05) is 0 Å². The lowest BCUT2D eigenvalue weighted by Gasteiger charge is -2.13. The maximum absolute atomic E-state index is 6.16. The first-order valence-corrected chi connectivity index (χ1v) is 5.93. The molecule has 0 spiro atoms. The van der Waals surface area contributed by atoms with Crippen molar-refractivity contribution >= 4 is 11.6 Å². The van der Waals surface area contributed by atoms with Crippen LogP contribution in [0.4, 0.5) is 0 Å². The van der Waals surface area contributed by atoms with Gasteiger partial charge in [0.2, 0.25) is 0 Å². The highest BCUT2D eigenvalue weighted by atomic mass is 35.5. The summed E-state index contributed by atoms with van der Waals surface area (Å²) in [6.07, 6.45) is 4.41. The van der Waals surface area contributed by atoms with Crippen LogP contribution in [0.5, 0.6) is 0 Å². The first kappa shape index (κ1) is 12.1. The molecule has 0 saturated carbocycles. The Balaban J connectivity index is 2.17. The van der Waals surface area contributed by atoms with Crippen molar-refractivity contribution in [1.82, 2.24) is 9.55 Å². The zero-order chi connectivity index (χ0) is 12.4. The average molecular weight is 250 g/mol. The Morgan fingerprint density at radius 2 is 2.24 bits per heavy atom. The van der Waals surface area contributed by atoms with Gasteiger partial charge in [0.05, 0.1) is 0 Å². The second kappa shape index (κ2) is 4.90. The summed E-state index contributed by atoms with van der Waals surface area (Å²) in [5.74, 6) is 0.981. The molecule has 0 aliphatic rings. The summed E-state index contributed by atoms with van der Waals surface area (Å²) in [7, 11) is 1.97. The van der Waals surface area contributed by atoms with Gasteiger partial charge in [0.1, 0.15) is 5.82 Å². The summed E-state index contributed by atoms with van der Waals surface area (Å²) in [5, 5.41) is 0.762. The van der Waals surface area contributed by atoms with Crippen LogP contribution < -0.4 is 5.73 Å². The summed E-state index contributed by atoms with van der Waals surface area (Å²) in [4.78, 5) is 4.27. The molecule has 0 fully saturated rings. The topological polar surface area (TPSA) is 43.8 Å². The van der Waals surface area contributed by atoms with E-state index in [4.69, 9.17) is 17.3 Å². The van der Waals surface area contributed by atoms with Gasteiger partial charge in [0.25, 0.3) is 0 Å². The zero-order valence-electron chi connectivity index (χ0n) is 10.0. The first-order chi connectivity index (χ1) is 8.08. The lowest BCUT2D eigenvalue weighted by atomic mass is 10.0. The smallest absolute Gasteiger partial charge is 0.110 e. The molecule has 0 radical (unpaired) electrons. The summed E-state index contributed by atoms with van der Waals surface area (Å²) < 4.78 is 1.98. The van der Waals surface area contributed by atoms with Crippen molar-refractivity contribution < 1.29 is 0 Å². The number of hydrogen-bond donors (Lipinski definition) is 1. The molecule has 90 valence electrons. The molecule has 0 aliphatic carbocycles. The van der Waals surface area contributed by atoms with E-state index in [0.29, 0.717) is 6.42 Å². The standard InChI is InChI=1S/C13H16ClN3/c1-9-3-4-10(7-11(9)14)12(15)8-13-16-5-6-17(13)2/h3-7,12H,8,15H2,1-2H3. The Morgan fingerprint density at radius 3 is 2.82 bits per heavy atom. The SMILES string of the molecule is Cc1ccc(C(N)Cc2nccn2C)cc1Cl. The average Bonchev–Trinajstić information content (AvgIpc) is 2.68. The molecule has 2 aromatic rings.